The molecule has 2 saturated heterocycles. The summed E-state index contributed by atoms with van der Waals surface area (Å²) in [5.74, 6) is 0. The van der Waals surface area contributed by atoms with E-state index in [-0.39, 0.29) is 0 Å². The van der Waals surface area contributed by atoms with Gasteiger partial charge in [-0.1, -0.05) is 30.7 Å². The Balaban J connectivity index is 1.61. The number of fused-ring (bicyclic) bond motifs is 1. The molecule has 128 valence electrons. The van der Waals surface area contributed by atoms with Gasteiger partial charge in [0.1, 0.15) is 0 Å². The quantitative estimate of drug-likeness (QED) is 0.854. The van der Waals surface area contributed by atoms with Crippen LogP contribution in [-0.2, 0) is 17.8 Å². The average Bonchev–Trinajstić information content (AvgIpc) is 2.64. The lowest BCUT2D eigenvalue weighted by Gasteiger charge is -2.30. The van der Waals surface area contributed by atoms with Crippen LogP contribution in [0.25, 0.3) is 10.8 Å². The summed E-state index contributed by atoms with van der Waals surface area (Å²) in [4.78, 5) is 5.17. The number of morpholine rings is 1. The molecule has 2 fully saturated rings. The van der Waals surface area contributed by atoms with Crippen molar-refractivity contribution in [3.05, 3.63) is 47.5 Å². The highest BCUT2D eigenvalue weighted by Crippen LogP contribution is 2.24. The van der Waals surface area contributed by atoms with Crippen molar-refractivity contribution in [2.24, 2.45) is 0 Å². The molecule has 3 heteroatoms. The molecule has 0 aliphatic carbocycles. The van der Waals surface area contributed by atoms with Crippen LogP contribution in [0.1, 0.15) is 30.4 Å². The third-order valence-electron chi connectivity index (χ3n) is 5.41. The molecule has 0 saturated carbocycles. The van der Waals surface area contributed by atoms with Gasteiger partial charge in [0.2, 0.25) is 0 Å². The predicted molar refractivity (Wildman–Crippen MR) is 99.2 cm³/mol. The summed E-state index contributed by atoms with van der Waals surface area (Å²) in [5, 5.41) is 2.73. The molecule has 0 radical (unpaired) electrons. The van der Waals surface area contributed by atoms with E-state index in [0.717, 1.165) is 39.4 Å². The summed E-state index contributed by atoms with van der Waals surface area (Å²) in [6.07, 6.45) is 4.10. The molecular formula is C21H28N2O. The highest BCUT2D eigenvalue weighted by atomic mass is 16.5. The van der Waals surface area contributed by atoms with Gasteiger partial charge in [-0.25, -0.2) is 0 Å². The van der Waals surface area contributed by atoms with Crippen molar-refractivity contribution in [2.75, 3.05) is 39.4 Å². The van der Waals surface area contributed by atoms with Gasteiger partial charge in [0.05, 0.1) is 13.2 Å². The number of hydrogen-bond acceptors (Lipinski definition) is 3. The van der Waals surface area contributed by atoms with Crippen LogP contribution in [0, 0.1) is 0 Å². The zero-order chi connectivity index (χ0) is 16.2. The van der Waals surface area contributed by atoms with E-state index in [2.05, 4.69) is 46.2 Å². The minimum Gasteiger partial charge on any atom is -0.379 e. The summed E-state index contributed by atoms with van der Waals surface area (Å²) in [7, 11) is 0. The van der Waals surface area contributed by atoms with Gasteiger partial charge in [-0.3, -0.25) is 9.80 Å². The summed E-state index contributed by atoms with van der Waals surface area (Å²) in [6, 6.07) is 13.6. The monoisotopic (exact) mass is 324 g/mol. The Morgan fingerprint density at radius 2 is 1.25 bits per heavy atom. The van der Waals surface area contributed by atoms with Crippen LogP contribution >= 0.6 is 0 Å². The second-order valence-corrected chi connectivity index (χ2v) is 7.19. The van der Waals surface area contributed by atoms with E-state index in [1.165, 1.54) is 54.3 Å². The Morgan fingerprint density at radius 3 is 1.83 bits per heavy atom. The molecule has 0 bridgehead atoms. The van der Waals surface area contributed by atoms with Gasteiger partial charge in [0, 0.05) is 26.2 Å². The first-order valence-electron chi connectivity index (χ1n) is 9.41. The van der Waals surface area contributed by atoms with Crippen molar-refractivity contribution in [1.82, 2.24) is 9.80 Å². The third-order valence-corrected chi connectivity index (χ3v) is 5.41. The molecule has 2 aromatic carbocycles. The van der Waals surface area contributed by atoms with Gasteiger partial charge in [-0.05, 0) is 60.0 Å². The van der Waals surface area contributed by atoms with Crippen LogP contribution in [0.2, 0.25) is 0 Å². The Bertz CT molecular complexity index is 614. The van der Waals surface area contributed by atoms with Crippen molar-refractivity contribution in [3.63, 3.8) is 0 Å². The van der Waals surface area contributed by atoms with Crippen LogP contribution < -0.4 is 0 Å². The van der Waals surface area contributed by atoms with E-state index >= 15 is 0 Å². The fraction of sp³-hybridized carbons (Fsp3) is 0.524. The number of nitrogens with zero attached hydrogens (tertiary/aromatic N) is 2. The van der Waals surface area contributed by atoms with Gasteiger partial charge in [0.25, 0.3) is 0 Å². The minimum absolute atomic E-state index is 0.870. The van der Waals surface area contributed by atoms with E-state index in [0.29, 0.717) is 0 Å². The molecule has 0 atom stereocenters. The average molecular weight is 324 g/mol. The van der Waals surface area contributed by atoms with Crippen molar-refractivity contribution in [3.8, 4) is 0 Å². The van der Waals surface area contributed by atoms with Crippen LogP contribution in [-0.4, -0.2) is 49.2 Å². The van der Waals surface area contributed by atoms with Gasteiger partial charge in [-0.2, -0.15) is 0 Å². The van der Waals surface area contributed by atoms with Gasteiger partial charge < -0.3 is 4.74 Å². The lowest BCUT2D eigenvalue weighted by atomic mass is 9.99. The maximum absolute atomic E-state index is 5.51. The lowest BCUT2D eigenvalue weighted by molar-refractivity contribution is 0.0340. The molecule has 3 nitrogen and oxygen atoms in total. The maximum Gasteiger partial charge on any atom is 0.0594 e. The number of hydrogen-bond donors (Lipinski definition) is 0. The Labute approximate surface area is 145 Å². The van der Waals surface area contributed by atoms with E-state index in [1.54, 1.807) is 0 Å². The Morgan fingerprint density at radius 1 is 0.708 bits per heavy atom. The smallest absolute Gasteiger partial charge is 0.0594 e. The first kappa shape index (κ1) is 16.1. The number of benzene rings is 2. The predicted octanol–water partition coefficient (Wildman–Crippen LogP) is 3.66. The molecule has 24 heavy (non-hydrogen) atoms. The van der Waals surface area contributed by atoms with Crippen LogP contribution in [0.3, 0.4) is 0 Å². The van der Waals surface area contributed by atoms with Gasteiger partial charge in [-0.15, -0.1) is 0 Å². The highest BCUT2D eigenvalue weighted by Gasteiger charge is 2.16. The molecule has 0 N–H and O–H groups in total. The molecule has 0 unspecified atom stereocenters. The summed E-state index contributed by atoms with van der Waals surface area (Å²) < 4.78 is 5.51. The molecule has 0 amide bonds. The molecule has 0 spiro atoms. The fourth-order valence-corrected chi connectivity index (χ4v) is 3.99. The first-order valence-corrected chi connectivity index (χ1v) is 9.41. The third kappa shape index (κ3) is 3.80. The first-order chi connectivity index (χ1) is 11.9. The molecule has 4 rings (SSSR count). The number of likely N-dealkylation sites (tertiary alicyclic amines) is 1. The zero-order valence-electron chi connectivity index (χ0n) is 14.5. The standard InChI is InChI=1S/C21H28N2O/c1-4-8-22(9-5-1)16-20-14-18-6-2-3-7-19(18)15-21(20)17-23-10-12-24-13-11-23/h2-3,6-7,14-15H,1,4-5,8-13,16-17H2. The van der Waals surface area contributed by atoms with Crippen molar-refractivity contribution in [2.45, 2.75) is 32.4 Å². The molecule has 0 aromatic heterocycles. The summed E-state index contributed by atoms with van der Waals surface area (Å²) >= 11 is 0. The van der Waals surface area contributed by atoms with Crippen LogP contribution in [0.15, 0.2) is 36.4 Å². The Hall–Kier alpha value is -1.42. The number of rotatable bonds is 4. The van der Waals surface area contributed by atoms with Gasteiger partial charge in [0.15, 0.2) is 0 Å². The summed E-state index contributed by atoms with van der Waals surface area (Å²) in [5.41, 5.74) is 3.02. The fourth-order valence-electron chi connectivity index (χ4n) is 3.99. The normalized spacial score (nSPS) is 20.5. The maximum atomic E-state index is 5.51. The molecule has 2 heterocycles. The molecule has 2 aliphatic heterocycles. The van der Waals surface area contributed by atoms with Crippen molar-refractivity contribution >= 4 is 10.8 Å². The Kier molecular flexibility index (Phi) is 5.12. The van der Waals surface area contributed by atoms with E-state index < -0.39 is 0 Å². The topological polar surface area (TPSA) is 15.7 Å². The second-order valence-electron chi connectivity index (χ2n) is 7.19. The zero-order valence-corrected chi connectivity index (χ0v) is 14.5. The van der Waals surface area contributed by atoms with Crippen LogP contribution in [0.4, 0.5) is 0 Å². The van der Waals surface area contributed by atoms with Crippen molar-refractivity contribution < 1.29 is 4.74 Å². The van der Waals surface area contributed by atoms with E-state index in [4.69, 9.17) is 4.74 Å². The lowest BCUT2D eigenvalue weighted by Crippen LogP contribution is -2.36. The van der Waals surface area contributed by atoms with Crippen molar-refractivity contribution in [1.29, 1.82) is 0 Å². The summed E-state index contributed by atoms with van der Waals surface area (Å²) in [6.45, 7) is 8.51. The SMILES string of the molecule is c1ccc2cc(CN3CCOCC3)c(CN3CCCCC3)cc2c1. The molecular weight excluding hydrogens is 296 g/mol. The minimum atomic E-state index is 0.870. The van der Waals surface area contributed by atoms with E-state index in [1.807, 2.05) is 0 Å². The highest BCUT2D eigenvalue weighted by molar-refractivity contribution is 5.84. The second kappa shape index (κ2) is 7.64. The van der Waals surface area contributed by atoms with E-state index in [9.17, 15) is 0 Å². The number of piperidine rings is 1. The molecule has 2 aliphatic rings. The largest absolute Gasteiger partial charge is 0.379 e. The van der Waals surface area contributed by atoms with Crippen LogP contribution in [0.5, 0.6) is 0 Å². The molecule has 2 aromatic rings. The number of ether oxygens (including phenoxy) is 1. The van der Waals surface area contributed by atoms with Gasteiger partial charge >= 0.3 is 0 Å².